The Labute approximate surface area is 171 Å². The predicted octanol–water partition coefficient (Wildman–Crippen LogP) is 4.43. The lowest BCUT2D eigenvalue weighted by molar-refractivity contribution is -0.136. The number of nitriles is 1. The fourth-order valence-corrected chi connectivity index (χ4v) is 3.88. The minimum Gasteiger partial charge on any atom is -0.336 e. The number of carbonyl (C=O) groups is 2. The molecule has 0 radical (unpaired) electrons. The van der Waals surface area contributed by atoms with Crippen LogP contribution in [0.3, 0.4) is 0 Å². The highest BCUT2D eigenvalue weighted by atomic mass is 16.2. The van der Waals surface area contributed by atoms with Gasteiger partial charge < -0.3 is 9.80 Å². The normalized spacial score (nSPS) is 15.9. The van der Waals surface area contributed by atoms with E-state index in [-0.39, 0.29) is 30.3 Å². The minimum absolute atomic E-state index is 0.00860. The van der Waals surface area contributed by atoms with E-state index in [0.717, 1.165) is 16.7 Å². The fraction of sp³-hybridized carbons (Fsp3) is 0.292. The van der Waals surface area contributed by atoms with E-state index in [2.05, 4.69) is 6.07 Å². The summed E-state index contributed by atoms with van der Waals surface area (Å²) in [5.41, 5.74) is 3.59. The summed E-state index contributed by atoms with van der Waals surface area (Å²) in [6.45, 7) is 6.02. The molecule has 2 atom stereocenters. The Balaban J connectivity index is 1.84. The molecule has 0 bridgehead atoms. The van der Waals surface area contributed by atoms with Gasteiger partial charge in [0, 0.05) is 19.7 Å². The van der Waals surface area contributed by atoms with Gasteiger partial charge in [0.1, 0.15) is 0 Å². The summed E-state index contributed by atoms with van der Waals surface area (Å²) in [6, 6.07) is 16.9. The van der Waals surface area contributed by atoms with Crippen molar-refractivity contribution in [3.63, 3.8) is 0 Å². The summed E-state index contributed by atoms with van der Waals surface area (Å²) in [7, 11) is 0. The number of hydrogen-bond donors (Lipinski definition) is 0. The van der Waals surface area contributed by atoms with Gasteiger partial charge in [0.25, 0.3) is 0 Å². The highest BCUT2D eigenvalue weighted by Gasteiger charge is 2.31. The summed E-state index contributed by atoms with van der Waals surface area (Å²) >= 11 is 0. The summed E-state index contributed by atoms with van der Waals surface area (Å²) in [5.74, 6) is -0.0949. The van der Waals surface area contributed by atoms with Crippen LogP contribution in [0.4, 0.5) is 0 Å². The Morgan fingerprint density at radius 1 is 1.17 bits per heavy atom. The maximum atomic E-state index is 13.3. The highest BCUT2D eigenvalue weighted by molar-refractivity contribution is 5.82. The Hall–Kier alpha value is -3.39. The first-order valence-corrected chi connectivity index (χ1v) is 9.81. The Morgan fingerprint density at radius 3 is 2.48 bits per heavy atom. The van der Waals surface area contributed by atoms with Crippen LogP contribution in [-0.2, 0) is 9.59 Å². The van der Waals surface area contributed by atoms with Gasteiger partial charge in [-0.1, -0.05) is 36.4 Å². The smallest absolute Gasteiger partial charge is 0.225 e. The zero-order valence-corrected chi connectivity index (χ0v) is 17.0. The first kappa shape index (κ1) is 20.3. The van der Waals surface area contributed by atoms with E-state index in [0.29, 0.717) is 12.1 Å². The molecule has 3 rings (SSSR count). The molecular weight excluding hydrogens is 362 g/mol. The van der Waals surface area contributed by atoms with E-state index in [1.54, 1.807) is 23.2 Å². The van der Waals surface area contributed by atoms with Crippen molar-refractivity contribution in [3.05, 3.63) is 77.0 Å². The molecule has 0 aliphatic carbocycles. The average molecular weight is 387 g/mol. The summed E-state index contributed by atoms with van der Waals surface area (Å²) < 4.78 is 0. The molecule has 2 amide bonds. The molecule has 5 nitrogen and oxygen atoms in total. The standard InChI is InChI=1S/C24H25N3O2/c1-4-26(17(2)20-11-9-19(16-25)10-12-20)24(29)15-23-22-8-6-5-7-21(22)13-14-27(23)18(3)28/h5-14,17,23H,4,15H2,1-3H3. The lowest BCUT2D eigenvalue weighted by Gasteiger charge is -2.35. The summed E-state index contributed by atoms with van der Waals surface area (Å²) in [4.78, 5) is 28.9. The second kappa shape index (κ2) is 8.74. The van der Waals surface area contributed by atoms with Crippen LogP contribution in [-0.4, -0.2) is 28.2 Å². The zero-order valence-electron chi connectivity index (χ0n) is 17.0. The zero-order chi connectivity index (χ0) is 21.0. The maximum absolute atomic E-state index is 13.3. The van der Waals surface area contributed by atoms with Gasteiger partial charge in [-0.2, -0.15) is 5.26 Å². The molecule has 148 valence electrons. The number of rotatable bonds is 5. The van der Waals surface area contributed by atoms with Crippen LogP contribution in [0.5, 0.6) is 0 Å². The van der Waals surface area contributed by atoms with Crippen LogP contribution >= 0.6 is 0 Å². The number of benzene rings is 2. The molecule has 2 aromatic rings. The molecule has 0 aromatic heterocycles. The first-order valence-electron chi connectivity index (χ1n) is 9.81. The number of hydrogen-bond acceptors (Lipinski definition) is 3. The third-order valence-electron chi connectivity index (χ3n) is 5.49. The van der Waals surface area contributed by atoms with E-state index in [4.69, 9.17) is 5.26 Å². The van der Waals surface area contributed by atoms with Gasteiger partial charge in [0.15, 0.2) is 0 Å². The van der Waals surface area contributed by atoms with Crippen molar-refractivity contribution >= 4 is 17.9 Å². The van der Waals surface area contributed by atoms with Crippen molar-refractivity contribution in [1.82, 2.24) is 9.80 Å². The molecule has 2 unspecified atom stereocenters. The molecule has 1 aliphatic rings. The molecule has 0 spiro atoms. The minimum atomic E-state index is -0.316. The summed E-state index contributed by atoms with van der Waals surface area (Å²) in [5, 5.41) is 8.99. The second-order valence-electron chi connectivity index (χ2n) is 7.18. The summed E-state index contributed by atoms with van der Waals surface area (Å²) in [6.07, 6.45) is 3.90. The quantitative estimate of drug-likeness (QED) is 0.762. The van der Waals surface area contributed by atoms with E-state index in [1.807, 2.05) is 61.2 Å². The number of nitrogens with zero attached hydrogens (tertiary/aromatic N) is 3. The lowest BCUT2D eigenvalue weighted by Crippen LogP contribution is -2.38. The van der Waals surface area contributed by atoms with Crippen molar-refractivity contribution < 1.29 is 9.59 Å². The van der Waals surface area contributed by atoms with E-state index in [9.17, 15) is 9.59 Å². The van der Waals surface area contributed by atoms with Crippen LogP contribution in [0.15, 0.2) is 54.7 Å². The Bertz CT molecular complexity index is 972. The van der Waals surface area contributed by atoms with Crippen LogP contribution < -0.4 is 0 Å². The lowest BCUT2D eigenvalue weighted by atomic mass is 9.93. The molecule has 2 aromatic carbocycles. The molecule has 1 heterocycles. The van der Waals surface area contributed by atoms with Crippen molar-refractivity contribution in [3.8, 4) is 6.07 Å². The molecule has 1 aliphatic heterocycles. The monoisotopic (exact) mass is 387 g/mol. The molecule has 0 N–H and O–H groups in total. The number of amides is 2. The van der Waals surface area contributed by atoms with Gasteiger partial charge in [-0.25, -0.2) is 0 Å². The van der Waals surface area contributed by atoms with Crippen molar-refractivity contribution in [2.24, 2.45) is 0 Å². The highest BCUT2D eigenvalue weighted by Crippen LogP contribution is 2.34. The van der Waals surface area contributed by atoms with Gasteiger partial charge in [0.2, 0.25) is 11.8 Å². The molecule has 0 saturated heterocycles. The van der Waals surface area contributed by atoms with Crippen molar-refractivity contribution in [1.29, 1.82) is 5.26 Å². The Morgan fingerprint density at radius 2 is 1.86 bits per heavy atom. The number of carbonyl (C=O) groups excluding carboxylic acids is 2. The van der Waals surface area contributed by atoms with Gasteiger partial charge >= 0.3 is 0 Å². The molecule has 5 heteroatoms. The third kappa shape index (κ3) is 4.22. The SMILES string of the molecule is CCN(C(=O)CC1c2ccccc2C=CN1C(C)=O)C(C)c1ccc(C#N)cc1. The van der Waals surface area contributed by atoms with Crippen molar-refractivity contribution in [2.75, 3.05) is 6.54 Å². The first-order chi connectivity index (χ1) is 14.0. The van der Waals surface area contributed by atoms with E-state index >= 15 is 0 Å². The van der Waals surface area contributed by atoms with E-state index in [1.165, 1.54) is 6.92 Å². The molecule has 29 heavy (non-hydrogen) atoms. The van der Waals surface area contributed by atoms with Gasteiger partial charge in [-0.3, -0.25) is 9.59 Å². The van der Waals surface area contributed by atoms with E-state index < -0.39 is 0 Å². The molecule has 0 saturated carbocycles. The van der Waals surface area contributed by atoms with Crippen LogP contribution in [0.2, 0.25) is 0 Å². The van der Waals surface area contributed by atoms with Crippen LogP contribution in [0.25, 0.3) is 6.08 Å². The number of fused-ring (bicyclic) bond motifs is 1. The van der Waals surface area contributed by atoms with Crippen LogP contribution in [0, 0.1) is 11.3 Å². The van der Waals surface area contributed by atoms with Crippen LogP contribution in [0.1, 0.15) is 61.5 Å². The topological polar surface area (TPSA) is 64.4 Å². The molecule has 0 fully saturated rings. The third-order valence-corrected chi connectivity index (χ3v) is 5.49. The average Bonchev–Trinajstić information content (AvgIpc) is 2.74. The van der Waals surface area contributed by atoms with Crippen molar-refractivity contribution in [2.45, 2.75) is 39.3 Å². The second-order valence-corrected chi connectivity index (χ2v) is 7.18. The van der Waals surface area contributed by atoms with Gasteiger partial charge in [0.05, 0.1) is 30.1 Å². The maximum Gasteiger partial charge on any atom is 0.225 e. The predicted molar refractivity (Wildman–Crippen MR) is 112 cm³/mol. The largest absolute Gasteiger partial charge is 0.336 e. The molecular formula is C24H25N3O2. The van der Waals surface area contributed by atoms with Gasteiger partial charge in [-0.15, -0.1) is 0 Å². The van der Waals surface area contributed by atoms with Gasteiger partial charge in [-0.05, 0) is 48.7 Å². The fourth-order valence-electron chi connectivity index (χ4n) is 3.88. The Kier molecular flexibility index (Phi) is 6.13.